The Hall–Kier alpha value is -3.64. The molecule has 1 aliphatic heterocycles. The number of benzene rings is 4. The number of carbonyl (C=O) groups is 2. The minimum absolute atomic E-state index is 0.0460. The topological polar surface area (TPSA) is 58.6 Å². The summed E-state index contributed by atoms with van der Waals surface area (Å²) in [5.74, 6) is 0.447. The number of nitrogens with zero attached hydrogens (tertiary/aromatic N) is 1. The molecule has 40 heavy (non-hydrogen) atoms. The molecular weight excluding hydrogens is 564 g/mol. The summed E-state index contributed by atoms with van der Waals surface area (Å²) in [5, 5.41) is 5.25. The maximum atomic E-state index is 14.2. The minimum Gasteiger partial charge on any atom is -0.496 e. The van der Waals surface area contributed by atoms with Crippen molar-refractivity contribution in [1.82, 2.24) is 5.32 Å². The lowest BCUT2D eigenvalue weighted by Crippen LogP contribution is -2.49. The van der Waals surface area contributed by atoms with Crippen molar-refractivity contribution < 1.29 is 14.3 Å². The number of rotatable bonds is 9. The molecule has 4 aromatic rings. The van der Waals surface area contributed by atoms with E-state index in [9.17, 15) is 9.59 Å². The molecule has 0 saturated carbocycles. The van der Waals surface area contributed by atoms with Gasteiger partial charge in [0.1, 0.15) is 11.8 Å². The molecule has 6 heteroatoms. The summed E-state index contributed by atoms with van der Waals surface area (Å²) >= 11 is 3.57. The van der Waals surface area contributed by atoms with Gasteiger partial charge in [0.25, 0.3) is 0 Å². The highest BCUT2D eigenvalue weighted by Crippen LogP contribution is 2.35. The molecule has 1 aliphatic rings. The fourth-order valence-corrected chi connectivity index (χ4v) is 6.04. The number of anilines is 1. The van der Waals surface area contributed by atoms with E-state index in [1.807, 2.05) is 66.4 Å². The maximum Gasteiger partial charge on any atom is 0.249 e. The van der Waals surface area contributed by atoms with Crippen LogP contribution >= 0.6 is 15.9 Å². The molecule has 0 radical (unpaired) electrons. The van der Waals surface area contributed by atoms with Gasteiger partial charge in [-0.3, -0.25) is 9.59 Å². The number of carbonyl (C=O) groups excluding carboxylic acids is 2. The summed E-state index contributed by atoms with van der Waals surface area (Å²) in [6, 6.07) is 27.8. The molecule has 206 valence electrons. The Kier molecular flexibility index (Phi) is 8.85. The van der Waals surface area contributed by atoms with Crippen LogP contribution in [0, 0.1) is 5.92 Å². The van der Waals surface area contributed by atoms with Gasteiger partial charge in [0.15, 0.2) is 0 Å². The number of hydrogen-bond acceptors (Lipinski definition) is 3. The third-order valence-electron chi connectivity index (χ3n) is 7.94. The second-order valence-corrected chi connectivity index (χ2v) is 11.3. The summed E-state index contributed by atoms with van der Waals surface area (Å²) in [4.78, 5) is 29.5. The first-order valence-corrected chi connectivity index (χ1v) is 14.8. The SMILES string of the molecule is CC[C@H](CCc1ccccc1)C(=O)N[C@H]1CCc2ccccc2N(Cc2c(OC)ccc3cc(Br)ccc23)C1=O. The van der Waals surface area contributed by atoms with Gasteiger partial charge in [0.2, 0.25) is 11.8 Å². The third-order valence-corrected chi connectivity index (χ3v) is 8.43. The number of amides is 2. The first kappa shape index (κ1) is 27.9. The molecular formula is C34H35BrN2O3. The molecule has 1 N–H and O–H groups in total. The minimum atomic E-state index is -0.596. The van der Waals surface area contributed by atoms with Gasteiger partial charge < -0.3 is 15.0 Å². The van der Waals surface area contributed by atoms with Gasteiger partial charge in [-0.15, -0.1) is 0 Å². The fourth-order valence-electron chi connectivity index (χ4n) is 5.67. The highest BCUT2D eigenvalue weighted by Gasteiger charge is 2.33. The second kappa shape index (κ2) is 12.7. The van der Waals surface area contributed by atoms with Gasteiger partial charge in [-0.05, 0) is 78.3 Å². The molecule has 0 saturated heterocycles. The van der Waals surface area contributed by atoms with Crippen molar-refractivity contribution in [1.29, 1.82) is 0 Å². The van der Waals surface area contributed by atoms with E-state index >= 15 is 0 Å². The summed E-state index contributed by atoms with van der Waals surface area (Å²) < 4.78 is 6.75. The van der Waals surface area contributed by atoms with Crippen LogP contribution in [0.3, 0.4) is 0 Å². The molecule has 0 unspecified atom stereocenters. The largest absolute Gasteiger partial charge is 0.496 e. The summed E-state index contributed by atoms with van der Waals surface area (Å²) in [5.41, 5.74) is 4.15. The lowest BCUT2D eigenvalue weighted by Gasteiger charge is -2.28. The van der Waals surface area contributed by atoms with E-state index in [4.69, 9.17) is 4.74 Å². The molecule has 0 spiro atoms. The maximum absolute atomic E-state index is 14.2. The molecule has 0 aromatic heterocycles. The lowest BCUT2D eigenvalue weighted by atomic mass is 9.95. The number of fused-ring (bicyclic) bond motifs is 2. The molecule has 2 atom stereocenters. The molecule has 5 rings (SSSR count). The van der Waals surface area contributed by atoms with Crippen LogP contribution < -0.4 is 15.0 Å². The predicted molar refractivity (Wildman–Crippen MR) is 165 cm³/mol. The zero-order valence-electron chi connectivity index (χ0n) is 23.0. The van der Waals surface area contributed by atoms with E-state index in [-0.39, 0.29) is 17.7 Å². The molecule has 5 nitrogen and oxygen atoms in total. The normalized spacial score (nSPS) is 15.8. The van der Waals surface area contributed by atoms with Crippen molar-refractivity contribution in [3.8, 4) is 5.75 Å². The van der Waals surface area contributed by atoms with Crippen molar-refractivity contribution >= 4 is 44.2 Å². The highest BCUT2D eigenvalue weighted by molar-refractivity contribution is 9.10. The van der Waals surface area contributed by atoms with Crippen molar-refractivity contribution in [2.24, 2.45) is 5.92 Å². The second-order valence-electron chi connectivity index (χ2n) is 10.4. The van der Waals surface area contributed by atoms with E-state index < -0.39 is 6.04 Å². The van der Waals surface area contributed by atoms with Crippen molar-refractivity contribution in [3.05, 3.63) is 106 Å². The van der Waals surface area contributed by atoms with Crippen LogP contribution in [0.5, 0.6) is 5.75 Å². The third kappa shape index (κ3) is 6.07. The number of hydrogen-bond donors (Lipinski definition) is 1. The zero-order chi connectivity index (χ0) is 28.1. The van der Waals surface area contributed by atoms with E-state index in [1.165, 1.54) is 5.56 Å². The number of methoxy groups -OCH3 is 1. The summed E-state index contributed by atoms with van der Waals surface area (Å²) in [6.45, 7) is 2.38. The average molecular weight is 600 g/mol. The number of nitrogens with one attached hydrogen (secondary N) is 1. The van der Waals surface area contributed by atoms with Gasteiger partial charge in [-0.2, -0.15) is 0 Å². The molecule has 0 fully saturated rings. The number of aryl methyl sites for hydroxylation is 2. The highest BCUT2D eigenvalue weighted by atomic mass is 79.9. The smallest absolute Gasteiger partial charge is 0.249 e. The molecule has 2 amide bonds. The van der Waals surface area contributed by atoms with Crippen molar-refractivity contribution in [3.63, 3.8) is 0 Å². The summed E-state index contributed by atoms with van der Waals surface area (Å²) in [6.07, 6.45) is 3.59. The standard InChI is InChI=1S/C34H35BrN2O3/c1-3-24(14-13-23-9-5-4-6-10-23)33(38)36-30-19-15-25-11-7-8-12-31(25)37(34(30)39)22-29-28-18-17-27(35)21-26(28)16-20-32(29)40-2/h4-12,16-18,20-21,24,30H,3,13-15,19,22H2,1-2H3,(H,36,38)/t24-,30+/m1/s1. The van der Waals surface area contributed by atoms with E-state index in [0.29, 0.717) is 19.4 Å². The molecule has 0 aliphatic carbocycles. The predicted octanol–water partition coefficient (Wildman–Crippen LogP) is 7.23. The van der Waals surface area contributed by atoms with Crippen LogP contribution in [0.25, 0.3) is 10.8 Å². The number of ether oxygens (including phenoxy) is 1. The van der Waals surface area contributed by atoms with Gasteiger partial charge >= 0.3 is 0 Å². The Morgan fingerprint density at radius 2 is 1.82 bits per heavy atom. The van der Waals surface area contributed by atoms with Gasteiger partial charge in [0, 0.05) is 21.6 Å². The average Bonchev–Trinajstić information content (AvgIpc) is 3.10. The van der Waals surface area contributed by atoms with Gasteiger partial charge in [-0.25, -0.2) is 0 Å². The van der Waals surface area contributed by atoms with E-state index in [2.05, 4.69) is 51.6 Å². The van der Waals surface area contributed by atoms with E-state index in [1.54, 1.807) is 7.11 Å². The Morgan fingerprint density at radius 3 is 2.60 bits per heavy atom. The van der Waals surface area contributed by atoms with Gasteiger partial charge in [-0.1, -0.05) is 83.5 Å². The molecule has 4 aromatic carbocycles. The van der Waals surface area contributed by atoms with Crippen LogP contribution in [-0.2, 0) is 29.0 Å². The number of para-hydroxylation sites is 1. The molecule has 0 bridgehead atoms. The van der Waals surface area contributed by atoms with Crippen LogP contribution in [0.15, 0.2) is 89.4 Å². The van der Waals surface area contributed by atoms with Crippen LogP contribution in [0.4, 0.5) is 5.69 Å². The Morgan fingerprint density at radius 1 is 1.05 bits per heavy atom. The number of halogens is 1. The quantitative estimate of drug-likeness (QED) is 0.221. The first-order valence-electron chi connectivity index (χ1n) is 14.0. The monoisotopic (exact) mass is 598 g/mol. The van der Waals surface area contributed by atoms with E-state index in [0.717, 1.165) is 57.1 Å². The Bertz CT molecular complexity index is 1500. The van der Waals surface area contributed by atoms with Crippen LogP contribution in [-0.4, -0.2) is 25.0 Å². The summed E-state index contributed by atoms with van der Waals surface area (Å²) in [7, 11) is 1.66. The Balaban J connectivity index is 1.42. The molecule has 1 heterocycles. The zero-order valence-corrected chi connectivity index (χ0v) is 24.6. The van der Waals surface area contributed by atoms with Gasteiger partial charge in [0.05, 0.1) is 13.7 Å². The Labute approximate surface area is 244 Å². The fraction of sp³-hybridized carbons (Fsp3) is 0.294. The van der Waals surface area contributed by atoms with Crippen LogP contribution in [0.2, 0.25) is 0 Å². The van der Waals surface area contributed by atoms with Crippen LogP contribution in [0.1, 0.15) is 42.9 Å². The van der Waals surface area contributed by atoms with Crippen molar-refractivity contribution in [2.75, 3.05) is 12.0 Å². The lowest BCUT2D eigenvalue weighted by molar-refractivity contribution is -0.130. The first-order chi connectivity index (χ1) is 19.5. The van der Waals surface area contributed by atoms with Crippen molar-refractivity contribution in [2.45, 2.75) is 51.6 Å².